The molecule has 2 aliphatic heterocycles. The lowest BCUT2D eigenvalue weighted by molar-refractivity contribution is -0.0594. The second-order valence-electron chi connectivity index (χ2n) is 4.98. The van der Waals surface area contributed by atoms with Gasteiger partial charge < -0.3 is 4.74 Å². The molecule has 0 amide bonds. The molecule has 0 aromatic heterocycles. The molecule has 2 saturated heterocycles. The third-order valence-corrected chi connectivity index (χ3v) is 3.70. The maximum atomic E-state index is 5.96. The quantitative estimate of drug-likeness (QED) is 0.660. The molecule has 0 N–H and O–H groups in total. The van der Waals surface area contributed by atoms with Gasteiger partial charge in [-0.3, -0.25) is 4.90 Å². The van der Waals surface area contributed by atoms with Crippen LogP contribution in [0, 0.1) is 0 Å². The number of nitrogens with zero attached hydrogens (tertiary/aromatic N) is 1. The van der Waals surface area contributed by atoms with E-state index < -0.39 is 0 Å². The summed E-state index contributed by atoms with van der Waals surface area (Å²) in [6.07, 6.45) is 12.7. The number of hydrogen-bond donors (Lipinski definition) is 0. The van der Waals surface area contributed by atoms with Crippen molar-refractivity contribution in [3.05, 3.63) is 0 Å². The van der Waals surface area contributed by atoms with Gasteiger partial charge in [-0.25, -0.2) is 0 Å². The van der Waals surface area contributed by atoms with E-state index in [0.717, 1.165) is 6.61 Å². The van der Waals surface area contributed by atoms with Crippen molar-refractivity contribution >= 4 is 0 Å². The third-order valence-electron chi connectivity index (χ3n) is 3.70. The Kier molecular flexibility index (Phi) is 4.94. The molecule has 0 aromatic rings. The number of hydrogen-bond acceptors (Lipinski definition) is 2. The van der Waals surface area contributed by atoms with Crippen LogP contribution in [0.2, 0.25) is 0 Å². The average Bonchev–Trinajstić information content (AvgIpc) is 2.45. The smallest absolute Gasteiger partial charge is 0.110 e. The van der Waals surface area contributed by atoms with Gasteiger partial charge in [0.15, 0.2) is 0 Å². The van der Waals surface area contributed by atoms with Crippen molar-refractivity contribution < 1.29 is 4.74 Å². The van der Waals surface area contributed by atoms with E-state index in [9.17, 15) is 0 Å². The zero-order chi connectivity index (χ0) is 10.3. The van der Waals surface area contributed by atoms with E-state index in [4.69, 9.17) is 4.74 Å². The zero-order valence-corrected chi connectivity index (χ0v) is 9.92. The van der Waals surface area contributed by atoms with E-state index >= 15 is 0 Å². The second-order valence-corrected chi connectivity index (χ2v) is 4.98. The average molecular weight is 211 g/mol. The van der Waals surface area contributed by atoms with Gasteiger partial charge in [-0.2, -0.15) is 0 Å². The molecule has 15 heavy (non-hydrogen) atoms. The molecule has 2 nitrogen and oxygen atoms in total. The summed E-state index contributed by atoms with van der Waals surface area (Å²) in [7, 11) is 0. The fourth-order valence-electron chi connectivity index (χ4n) is 2.75. The number of rotatable bonds is 1. The Morgan fingerprint density at radius 2 is 1.40 bits per heavy atom. The van der Waals surface area contributed by atoms with Gasteiger partial charge in [-0.15, -0.1) is 0 Å². The summed E-state index contributed by atoms with van der Waals surface area (Å²) in [5.74, 6) is 0. The van der Waals surface area contributed by atoms with Gasteiger partial charge in [-0.1, -0.05) is 25.7 Å². The highest BCUT2D eigenvalue weighted by atomic mass is 16.5. The molecule has 0 saturated carbocycles. The van der Waals surface area contributed by atoms with Crippen molar-refractivity contribution in [1.29, 1.82) is 0 Å². The predicted octanol–water partition coefficient (Wildman–Crippen LogP) is 3.17. The van der Waals surface area contributed by atoms with Crippen LogP contribution in [0.3, 0.4) is 0 Å². The van der Waals surface area contributed by atoms with Crippen LogP contribution < -0.4 is 0 Å². The molecular weight excluding hydrogens is 186 g/mol. The van der Waals surface area contributed by atoms with Crippen LogP contribution in [0.15, 0.2) is 0 Å². The Hall–Kier alpha value is -0.0800. The largest absolute Gasteiger partial charge is 0.363 e. The molecule has 2 aliphatic rings. The van der Waals surface area contributed by atoms with E-state index in [1.165, 1.54) is 70.9 Å². The van der Waals surface area contributed by atoms with Crippen molar-refractivity contribution in [3.63, 3.8) is 0 Å². The summed E-state index contributed by atoms with van der Waals surface area (Å²) in [6, 6.07) is 0. The molecule has 0 spiro atoms. The van der Waals surface area contributed by atoms with Crippen LogP contribution in [-0.4, -0.2) is 30.8 Å². The van der Waals surface area contributed by atoms with Crippen molar-refractivity contribution in [1.82, 2.24) is 4.90 Å². The lowest BCUT2D eigenvalue weighted by Crippen LogP contribution is -2.39. The van der Waals surface area contributed by atoms with Crippen LogP contribution in [0.1, 0.15) is 57.8 Å². The van der Waals surface area contributed by atoms with Crippen LogP contribution >= 0.6 is 0 Å². The first-order valence-electron chi connectivity index (χ1n) is 6.82. The summed E-state index contributed by atoms with van der Waals surface area (Å²) in [4.78, 5) is 2.60. The summed E-state index contributed by atoms with van der Waals surface area (Å²) in [5, 5.41) is 0. The summed E-state index contributed by atoms with van der Waals surface area (Å²) in [6.45, 7) is 3.52. The first-order chi connectivity index (χ1) is 7.47. The summed E-state index contributed by atoms with van der Waals surface area (Å²) in [5.41, 5.74) is 0. The topological polar surface area (TPSA) is 12.5 Å². The van der Waals surface area contributed by atoms with Crippen LogP contribution in [0.4, 0.5) is 0 Å². The first-order valence-corrected chi connectivity index (χ1v) is 6.82. The molecule has 0 radical (unpaired) electrons. The maximum absolute atomic E-state index is 5.96. The molecule has 2 heteroatoms. The van der Waals surface area contributed by atoms with E-state index in [0.29, 0.717) is 6.23 Å². The van der Waals surface area contributed by atoms with Crippen molar-refractivity contribution in [2.45, 2.75) is 64.0 Å². The Labute approximate surface area is 94.0 Å². The van der Waals surface area contributed by atoms with Gasteiger partial charge in [-0.05, 0) is 32.1 Å². The maximum Gasteiger partial charge on any atom is 0.110 e. The van der Waals surface area contributed by atoms with E-state index in [2.05, 4.69) is 4.90 Å². The van der Waals surface area contributed by atoms with Gasteiger partial charge >= 0.3 is 0 Å². The molecule has 0 bridgehead atoms. The normalized spacial score (nSPS) is 31.6. The lowest BCUT2D eigenvalue weighted by atomic mass is 10.1. The minimum absolute atomic E-state index is 0.450. The number of likely N-dealkylation sites (tertiary alicyclic amines) is 1. The van der Waals surface area contributed by atoms with Gasteiger partial charge in [0, 0.05) is 19.7 Å². The molecule has 2 heterocycles. The van der Waals surface area contributed by atoms with Crippen molar-refractivity contribution in [2.75, 3.05) is 19.7 Å². The summed E-state index contributed by atoms with van der Waals surface area (Å²) >= 11 is 0. The van der Waals surface area contributed by atoms with Gasteiger partial charge in [0.1, 0.15) is 6.23 Å². The molecular formula is C13H25NO. The van der Waals surface area contributed by atoms with E-state index in [1.807, 2.05) is 0 Å². The Morgan fingerprint density at radius 1 is 0.733 bits per heavy atom. The molecule has 1 unspecified atom stereocenters. The Morgan fingerprint density at radius 3 is 2.20 bits per heavy atom. The fraction of sp³-hybridized carbons (Fsp3) is 1.00. The van der Waals surface area contributed by atoms with Crippen LogP contribution in [0.5, 0.6) is 0 Å². The Balaban J connectivity index is 1.82. The molecule has 1 atom stereocenters. The highest BCUT2D eigenvalue weighted by molar-refractivity contribution is 4.68. The molecule has 2 fully saturated rings. The highest BCUT2D eigenvalue weighted by Gasteiger charge is 2.20. The summed E-state index contributed by atoms with van der Waals surface area (Å²) < 4.78 is 5.96. The van der Waals surface area contributed by atoms with Gasteiger partial charge in [0.05, 0.1) is 0 Å². The fourth-order valence-corrected chi connectivity index (χ4v) is 2.75. The third kappa shape index (κ3) is 3.76. The standard InChI is InChI=1S/C13H25NO/c1-2-6-10-14(11-7-3-1)13-9-5-4-8-12-15-13/h13H,1-12H2. The van der Waals surface area contributed by atoms with Gasteiger partial charge in [0.2, 0.25) is 0 Å². The van der Waals surface area contributed by atoms with Crippen molar-refractivity contribution in [3.8, 4) is 0 Å². The number of ether oxygens (including phenoxy) is 1. The Bertz CT molecular complexity index is 156. The minimum Gasteiger partial charge on any atom is -0.363 e. The zero-order valence-electron chi connectivity index (χ0n) is 9.92. The van der Waals surface area contributed by atoms with Crippen LogP contribution in [0.25, 0.3) is 0 Å². The van der Waals surface area contributed by atoms with E-state index in [-0.39, 0.29) is 0 Å². The highest BCUT2D eigenvalue weighted by Crippen LogP contribution is 2.20. The molecule has 0 aromatic carbocycles. The predicted molar refractivity (Wildman–Crippen MR) is 62.9 cm³/mol. The monoisotopic (exact) mass is 211 g/mol. The van der Waals surface area contributed by atoms with Crippen LogP contribution in [-0.2, 0) is 4.74 Å². The lowest BCUT2D eigenvalue weighted by Gasteiger charge is -2.32. The SMILES string of the molecule is C1CCCN(C2CCCCCO2)CCC1. The van der Waals surface area contributed by atoms with Gasteiger partial charge in [0.25, 0.3) is 0 Å². The molecule has 88 valence electrons. The minimum atomic E-state index is 0.450. The second kappa shape index (κ2) is 6.49. The first kappa shape index (κ1) is 11.4. The molecule has 0 aliphatic carbocycles. The molecule has 2 rings (SSSR count). The van der Waals surface area contributed by atoms with E-state index in [1.54, 1.807) is 0 Å². The van der Waals surface area contributed by atoms with Crippen molar-refractivity contribution in [2.24, 2.45) is 0 Å².